The van der Waals surface area contributed by atoms with Gasteiger partial charge in [-0.15, -0.1) is 0 Å². The van der Waals surface area contributed by atoms with Crippen molar-refractivity contribution >= 4 is 21.6 Å². The van der Waals surface area contributed by atoms with Crippen molar-refractivity contribution < 1.29 is 27.4 Å². The number of nitrogens with one attached hydrogen (secondary N) is 1. The molecule has 0 aliphatic carbocycles. The fourth-order valence-electron chi connectivity index (χ4n) is 4.07. The maximum Gasteiger partial charge on any atom is 0.264 e. The molecule has 0 radical (unpaired) electrons. The van der Waals surface area contributed by atoms with E-state index in [4.69, 9.17) is 14.2 Å². The molecule has 0 aliphatic rings. The Hall–Kier alpha value is -3.72. The van der Waals surface area contributed by atoms with E-state index in [1.165, 1.54) is 38.0 Å². The van der Waals surface area contributed by atoms with Crippen LogP contribution in [0.5, 0.6) is 17.2 Å². The first kappa shape index (κ1) is 29.8. The van der Waals surface area contributed by atoms with Crippen molar-refractivity contribution in [2.75, 3.05) is 31.7 Å². The first-order chi connectivity index (χ1) is 18.4. The number of benzene rings is 3. The van der Waals surface area contributed by atoms with Crippen molar-refractivity contribution in [1.82, 2.24) is 5.32 Å². The normalized spacial score (nSPS) is 12.4. The Labute approximate surface area is 231 Å². The smallest absolute Gasteiger partial charge is 0.264 e. The topological polar surface area (TPSA) is 94.2 Å². The zero-order chi connectivity index (χ0) is 28.8. The van der Waals surface area contributed by atoms with Gasteiger partial charge in [-0.1, -0.05) is 45.0 Å². The third-order valence-electron chi connectivity index (χ3n) is 6.32. The Kier molecular flexibility index (Phi) is 9.50. The molecule has 3 aromatic carbocycles. The molecule has 0 unspecified atom stereocenters. The summed E-state index contributed by atoms with van der Waals surface area (Å²) in [7, 11) is -1.25. The maximum atomic E-state index is 13.9. The largest absolute Gasteiger partial charge is 0.494 e. The average molecular weight is 555 g/mol. The molecule has 9 heteroatoms. The molecule has 0 saturated heterocycles. The molecule has 0 aromatic heterocycles. The lowest BCUT2D eigenvalue weighted by atomic mass is 9.86. The van der Waals surface area contributed by atoms with Crippen molar-refractivity contribution in [2.45, 2.75) is 51.0 Å². The van der Waals surface area contributed by atoms with Crippen LogP contribution in [0.15, 0.2) is 71.6 Å². The number of carbonyl (C=O) groups excluding carboxylic acids is 1. The number of amides is 1. The second-order valence-electron chi connectivity index (χ2n) is 10.1. The van der Waals surface area contributed by atoms with Crippen LogP contribution in [0.2, 0.25) is 0 Å². The molecule has 0 saturated carbocycles. The summed E-state index contributed by atoms with van der Waals surface area (Å²) in [5, 5.41) is 2.94. The first-order valence-corrected chi connectivity index (χ1v) is 14.2. The van der Waals surface area contributed by atoms with Crippen LogP contribution in [0.4, 0.5) is 5.69 Å². The van der Waals surface area contributed by atoms with Gasteiger partial charge in [-0.25, -0.2) is 8.42 Å². The highest BCUT2D eigenvalue weighted by atomic mass is 32.2. The predicted octanol–water partition coefficient (Wildman–Crippen LogP) is 5.47. The third kappa shape index (κ3) is 7.23. The summed E-state index contributed by atoms with van der Waals surface area (Å²) in [5.74, 6) is 0.817. The van der Waals surface area contributed by atoms with E-state index in [9.17, 15) is 13.2 Å². The molecule has 3 rings (SSSR count). The standard InChI is InChI=1S/C30H38N2O6S/c1-8-38-25-15-13-24(14-16-25)32(39(34,35)26-17-18-27(36-6)28(19-26)37-7)20-29(33)31-21(2)22-9-11-23(12-10-22)30(3,4)5/h9-19,21H,8,20H2,1-7H3,(H,31,33)/t21-/m1/s1. The van der Waals surface area contributed by atoms with E-state index < -0.39 is 22.5 Å². The maximum absolute atomic E-state index is 13.9. The van der Waals surface area contributed by atoms with Gasteiger partial charge in [0.15, 0.2) is 11.5 Å². The zero-order valence-electron chi connectivity index (χ0n) is 23.6. The number of carbonyl (C=O) groups is 1. The van der Waals surface area contributed by atoms with Crippen LogP contribution < -0.4 is 23.8 Å². The fraction of sp³-hybridized carbons (Fsp3) is 0.367. The third-order valence-corrected chi connectivity index (χ3v) is 8.09. The van der Waals surface area contributed by atoms with E-state index in [0.717, 1.165) is 9.87 Å². The van der Waals surface area contributed by atoms with Crippen molar-refractivity contribution in [3.63, 3.8) is 0 Å². The Morgan fingerprint density at radius 2 is 1.54 bits per heavy atom. The number of hydrogen-bond acceptors (Lipinski definition) is 6. The first-order valence-electron chi connectivity index (χ1n) is 12.8. The molecule has 8 nitrogen and oxygen atoms in total. The number of hydrogen-bond donors (Lipinski definition) is 1. The Balaban J connectivity index is 1.91. The lowest BCUT2D eigenvalue weighted by molar-refractivity contribution is -0.120. The molecule has 1 amide bonds. The molecule has 0 bridgehead atoms. The number of nitrogens with zero attached hydrogens (tertiary/aromatic N) is 1. The molecule has 0 spiro atoms. The van der Waals surface area contributed by atoms with Gasteiger partial charge in [-0.05, 0) is 66.8 Å². The Morgan fingerprint density at radius 1 is 0.923 bits per heavy atom. The lowest BCUT2D eigenvalue weighted by Crippen LogP contribution is -2.41. The molecular formula is C30H38N2O6S. The van der Waals surface area contributed by atoms with Crippen LogP contribution in [0.3, 0.4) is 0 Å². The van der Waals surface area contributed by atoms with Gasteiger partial charge in [-0.2, -0.15) is 0 Å². The van der Waals surface area contributed by atoms with Crippen LogP contribution in [-0.2, 0) is 20.2 Å². The van der Waals surface area contributed by atoms with E-state index in [-0.39, 0.29) is 22.1 Å². The summed E-state index contributed by atoms with van der Waals surface area (Å²) in [6.45, 7) is 10.2. The lowest BCUT2D eigenvalue weighted by Gasteiger charge is -2.26. The molecule has 0 fully saturated rings. The van der Waals surface area contributed by atoms with E-state index in [1.54, 1.807) is 24.3 Å². The zero-order valence-corrected chi connectivity index (χ0v) is 24.5. The van der Waals surface area contributed by atoms with Crippen molar-refractivity contribution in [3.05, 3.63) is 77.9 Å². The van der Waals surface area contributed by atoms with Crippen LogP contribution in [0.25, 0.3) is 0 Å². The van der Waals surface area contributed by atoms with Crippen LogP contribution in [0.1, 0.15) is 51.8 Å². The summed E-state index contributed by atoms with van der Waals surface area (Å²) < 4.78 is 44.8. The van der Waals surface area contributed by atoms with E-state index in [0.29, 0.717) is 23.8 Å². The summed E-state index contributed by atoms with van der Waals surface area (Å²) in [4.78, 5) is 13.2. The molecule has 3 aromatic rings. The minimum Gasteiger partial charge on any atom is -0.494 e. The number of methoxy groups -OCH3 is 2. The summed E-state index contributed by atoms with van der Waals surface area (Å²) in [6, 6.07) is 18.6. The molecular weight excluding hydrogens is 516 g/mol. The van der Waals surface area contributed by atoms with E-state index in [1.807, 2.05) is 38.1 Å². The highest BCUT2D eigenvalue weighted by Crippen LogP contribution is 2.33. The summed E-state index contributed by atoms with van der Waals surface area (Å²) in [6.07, 6.45) is 0. The highest BCUT2D eigenvalue weighted by molar-refractivity contribution is 7.92. The second kappa shape index (κ2) is 12.4. The SMILES string of the molecule is CCOc1ccc(N(CC(=O)N[C@H](C)c2ccc(C(C)(C)C)cc2)S(=O)(=O)c2ccc(OC)c(OC)c2)cc1. The van der Waals surface area contributed by atoms with Crippen molar-refractivity contribution in [1.29, 1.82) is 0 Å². The Bertz CT molecular complexity index is 1360. The van der Waals surface area contributed by atoms with Gasteiger partial charge in [0, 0.05) is 6.07 Å². The molecule has 0 aliphatic heterocycles. The van der Waals surface area contributed by atoms with Crippen molar-refractivity contribution in [2.24, 2.45) is 0 Å². The summed E-state index contributed by atoms with van der Waals surface area (Å²) >= 11 is 0. The van der Waals surface area contributed by atoms with E-state index in [2.05, 4.69) is 26.1 Å². The molecule has 39 heavy (non-hydrogen) atoms. The fourth-order valence-corrected chi connectivity index (χ4v) is 5.50. The minimum atomic E-state index is -4.16. The van der Waals surface area contributed by atoms with Gasteiger partial charge >= 0.3 is 0 Å². The van der Waals surface area contributed by atoms with Gasteiger partial charge in [0.1, 0.15) is 12.3 Å². The Morgan fingerprint density at radius 3 is 2.08 bits per heavy atom. The van der Waals surface area contributed by atoms with Gasteiger partial charge in [0.2, 0.25) is 5.91 Å². The quantitative estimate of drug-likeness (QED) is 0.338. The average Bonchev–Trinajstić information content (AvgIpc) is 2.91. The summed E-state index contributed by atoms with van der Waals surface area (Å²) in [5.41, 5.74) is 2.45. The van der Waals surface area contributed by atoms with Gasteiger partial charge in [-0.3, -0.25) is 9.10 Å². The predicted molar refractivity (Wildman–Crippen MR) is 153 cm³/mol. The second-order valence-corrected chi connectivity index (χ2v) is 12.0. The van der Waals surface area contributed by atoms with Crippen LogP contribution in [0, 0.1) is 0 Å². The number of sulfonamides is 1. The van der Waals surface area contributed by atoms with Gasteiger partial charge < -0.3 is 19.5 Å². The molecule has 1 atom stereocenters. The molecule has 1 N–H and O–H groups in total. The minimum absolute atomic E-state index is 0.0156. The number of rotatable bonds is 11. The van der Waals surface area contributed by atoms with Crippen LogP contribution in [-0.4, -0.2) is 41.7 Å². The number of ether oxygens (including phenoxy) is 3. The van der Waals surface area contributed by atoms with Crippen LogP contribution >= 0.6 is 0 Å². The van der Waals surface area contributed by atoms with Crippen molar-refractivity contribution in [3.8, 4) is 17.2 Å². The monoisotopic (exact) mass is 554 g/mol. The van der Waals surface area contributed by atoms with Gasteiger partial charge in [0.25, 0.3) is 10.0 Å². The van der Waals surface area contributed by atoms with E-state index >= 15 is 0 Å². The van der Waals surface area contributed by atoms with Gasteiger partial charge in [0.05, 0.1) is 37.5 Å². The molecule has 0 heterocycles. The highest BCUT2D eigenvalue weighted by Gasteiger charge is 2.29. The molecule has 210 valence electrons. The number of anilines is 1.